The van der Waals surface area contributed by atoms with Gasteiger partial charge in [-0.15, -0.1) is 0 Å². The zero-order valence-corrected chi connectivity index (χ0v) is 11.6. The van der Waals surface area contributed by atoms with E-state index >= 15 is 0 Å². The van der Waals surface area contributed by atoms with Crippen molar-refractivity contribution in [3.05, 3.63) is 48.0 Å². The first kappa shape index (κ1) is 14.1. The van der Waals surface area contributed by atoms with Crippen LogP contribution in [-0.2, 0) is 17.6 Å². The molecule has 5 heteroatoms. The van der Waals surface area contributed by atoms with Crippen molar-refractivity contribution in [1.29, 1.82) is 0 Å². The number of nitrogens with zero attached hydrogens (tertiary/aromatic N) is 1. The molecule has 1 aromatic heterocycles. The van der Waals surface area contributed by atoms with Gasteiger partial charge >= 0.3 is 0 Å². The number of aromatic amines is 1. The molecule has 2 N–H and O–H groups in total. The van der Waals surface area contributed by atoms with Crippen LogP contribution in [-0.4, -0.2) is 29.5 Å². The Bertz CT molecular complexity index is 538. The third-order valence-electron chi connectivity index (χ3n) is 3.09. The second kappa shape index (κ2) is 7.33. The molecule has 2 aromatic rings. The first-order chi connectivity index (χ1) is 9.79. The Morgan fingerprint density at radius 3 is 2.95 bits per heavy atom. The molecule has 0 bridgehead atoms. The standard InChI is InChI=1S/C15H19N3O2/c1-20-14-5-3-2-4-12(14)8-9-17-15(19)7-6-13-10-16-11-18-13/h2-5,10-11H,6-9H2,1H3,(H,16,18)(H,17,19). The monoisotopic (exact) mass is 273 g/mol. The Hall–Kier alpha value is -2.30. The summed E-state index contributed by atoms with van der Waals surface area (Å²) in [5.74, 6) is 0.911. The molecule has 2 rings (SSSR count). The number of carbonyl (C=O) groups is 1. The van der Waals surface area contributed by atoms with Crippen molar-refractivity contribution in [2.45, 2.75) is 19.3 Å². The molecule has 0 atom stereocenters. The Morgan fingerprint density at radius 2 is 2.20 bits per heavy atom. The van der Waals surface area contributed by atoms with Crippen LogP contribution in [0.25, 0.3) is 0 Å². The number of aromatic nitrogens is 2. The van der Waals surface area contributed by atoms with Gasteiger partial charge < -0.3 is 15.0 Å². The van der Waals surface area contributed by atoms with Gasteiger partial charge in [-0.25, -0.2) is 4.98 Å². The topological polar surface area (TPSA) is 67.0 Å². The summed E-state index contributed by atoms with van der Waals surface area (Å²) in [6.07, 6.45) is 5.27. The number of aryl methyl sites for hydroxylation is 1. The highest BCUT2D eigenvalue weighted by atomic mass is 16.5. The third kappa shape index (κ3) is 4.12. The number of rotatable bonds is 7. The highest BCUT2D eigenvalue weighted by molar-refractivity contribution is 5.76. The molecule has 5 nitrogen and oxygen atoms in total. The van der Waals surface area contributed by atoms with E-state index in [-0.39, 0.29) is 5.91 Å². The van der Waals surface area contributed by atoms with E-state index in [1.54, 1.807) is 19.6 Å². The van der Waals surface area contributed by atoms with Crippen LogP contribution in [0.5, 0.6) is 5.75 Å². The molecule has 0 aliphatic heterocycles. The molecule has 0 saturated heterocycles. The van der Waals surface area contributed by atoms with Crippen molar-refractivity contribution < 1.29 is 9.53 Å². The maximum atomic E-state index is 11.7. The molecule has 0 unspecified atom stereocenters. The highest BCUT2D eigenvalue weighted by Crippen LogP contribution is 2.17. The molecule has 0 aliphatic rings. The second-order valence-electron chi connectivity index (χ2n) is 4.49. The minimum absolute atomic E-state index is 0.0505. The number of hydrogen-bond donors (Lipinski definition) is 2. The van der Waals surface area contributed by atoms with Crippen LogP contribution in [0.1, 0.15) is 17.7 Å². The van der Waals surface area contributed by atoms with E-state index in [0.717, 1.165) is 23.4 Å². The molecular formula is C15H19N3O2. The van der Waals surface area contributed by atoms with E-state index in [0.29, 0.717) is 19.4 Å². The summed E-state index contributed by atoms with van der Waals surface area (Å²) < 4.78 is 5.28. The van der Waals surface area contributed by atoms with Crippen LogP contribution in [0.15, 0.2) is 36.8 Å². The van der Waals surface area contributed by atoms with E-state index in [1.165, 1.54) is 0 Å². The van der Waals surface area contributed by atoms with Gasteiger partial charge in [0.1, 0.15) is 5.75 Å². The Balaban J connectivity index is 1.71. The lowest BCUT2D eigenvalue weighted by Crippen LogP contribution is -2.26. The zero-order valence-electron chi connectivity index (χ0n) is 11.6. The maximum absolute atomic E-state index is 11.7. The number of benzene rings is 1. The molecule has 1 heterocycles. The summed E-state index contributed by atoms with van der Waals surface area (Å²) in [7, 11) is 1.65. The first-order valence-electron chi connectivity index (χ1n) is 6.65. The van der Waals surface area contributed by atoms with Crippen LogP contribution in [0.3, 0.4) is 0 Å². The second-order valence-corrected chi connectivity index (χ2v) is 4.49. The van der Waals surface area contributed by atoms with Gasteiger partial charge in [0.2, 0.25) is 5.91 Å². The smallest absolute Gasteiger partial charge is 0.220 e. The summed E-state index contributed by atoms with van der Waals surface area (Å²) >= 11 is 0. The van der Waals surface area contributed by atoms with E-state index in [1.807, 2.05) is 24.3 Å². The lowest BCUT2D eigenvalue weighted by atomic mass is 10.1. The number of para-hydroxylation sites is 1. The van der Waals surface area contributed by atoms with E-state index < -0.39 is 0 Å². The van der Waals surface area contributed by atoms with Crippen molar-refractivity contribution in [1.82, 2.24) is 15.3 Å². The van der Waals surface area contributed by atoms with Crippen molar-refractivity contribution in [3.8, 4) is 5.75 Å². The summed E-state index contributed by atoms with van der Waals surface area (Å²) in [5, 5.41) is 2.92. The fourth-order valence-corrected chi connectivity index (χ4v) is 2.00. The molecule has 0 aliphatic carbocycles. The molecule has 20 heavy (non-hydrogen) atoms. The number of hydrogen-bond acceptors (Lipinski definition) is 3. The van der Waals surface area contributed by atoms with Crippen LogP contribution < -0.4 is 10.1 Å². The largest absolute Gasteiger partial charge is 0.496 e. The van der Waals surface area contributed by atoms with Gasteiger partial charge in [-0.2, -0.15) is 0 Å². The quantitative estimate of drug-likeness (QED) is 0.807. The number of methoxy groups -OCH3 is 1. The molecule has 0 radical (unpaired) electrons. The lowest BCUT2D eigenvalue weighted by Gasteiger charge is -2.09. The van der Waals surface area contributed by atoms with Gasteiger partial charge in [0.15, 0.2) is 0 Å². The Labute approximate surface area is 118 Å². The molecular weight excluding hydrogens is 254 g/mol. The number of ether oxygens (including phenoxy) is 1. The highest BCUT2D eigenvalue weighted by Gasteiger charge is 2.04. The van der Waals surface area contributed by atoms with Gasteiger partial charge in [-0.05, 0) is 24.5 Å². The number of amides is 1. The van der Waals surface area contributed by atoms with Crippen molar-refractivity contribution >= 4 is 5.91 Å². The Morgan fingerprint density at radius 1 is 1.35 bits per heavy atom. The number of H-pyrrole nitrogens is 1. The van der Waals surface area contributed by atoms with Gasteiger partial charge in [-0.1, -0.05) is 18.2 Å². The lowest BCUT2D eigenvalue weighted by molar-refractivity contribution is -0.121. The zero-order chi connectivity index (χ0) is 14.2. The van der Waals surface area contributed by atoms with Crippen LogP contribution in [0.2, 0.25) is 0 Å². The number of imidazole rings is 1. The maximum Gasteiger partial charge on any atom is 0.220 e. The van der Waals surface area contributed by atoms with Crippen LogP contribution in [0.4, 0.5) is 0 Å². The number of nitrogens with one attached hydrogen (secondary N) is 2. The molecule has 106 valence electrons. The fraction of sp³-hybridized carbons (Fsp3) is 0.333. The van der Waals surface area contributed by atoms with Crippen LogP contribution in [0, 0.1) is 0 Å². The fourth-order valence-electron chi connectivity index (χ4n) is 2.00. The van der Waals surface area contributed by atoms with Gasteiger partial charge in [0.05, 0.1) is 13.4 Å². The average molecular weight is 273 g/mol. The Kier molecular flexibility index (Phi) is 5.17. The van der Waals surface area contributed by atoms with E-state index in [4.69, 9.17) is 4.74 Å². The predicted octanol–water partition coefficient (Wildman–Crippen LogP) is 1.71. The molecule has 1 amide bonds. The normalized spacial score (nSPS) is 10.2. The minimum atomic E-state index is 0.0505. The van der Waals surface area contributed by atoms with E-state index in [2.05, 4.69) is 15.3 Å². The van der Waals surface area contributed by atoms with Gasteiger partial charge in [0.25, 0.3) is 0 Å². The molecule has 0 fully saturated rings. The van der Waals surface area contributed by atoms with Crippen LogP contribution >= 0.6 is 0 Å². The number of carbonyl (C=O) groups excluding carboxylic acids is 1. The summed E-state index contributed by atoms with van der Waals surface area (Å²) in [5.41, 5.74) is 2.08. The SMILES string of the molecule is COc1ccccc1CCNC(=O)CCc1cnc[nH]1. The first-order valence-corrected chi connectivity index (χ1v) is 6.65. The summed E-state index contributed by atoms with van der Waals surface area (Å²) in [6, 6.07) is 7.84. The predicted molar refractivity (Wildman–Crippen MR) is 76.6 cm³/mol. The van der Waals surface area contributed by atoms with E-state index in [9.17, 15) is 4.79 Å². The van der Waals surface area contributed by atoms with Crippen molar-refractivity contribution in [2.24, 2.45) is 0 Å². The van der Waals surface area contributed by atoms with Crippen molar-refractivity contribution in [3.63, 3.8) is 0 Å². The summed E-state index contributed by atoms with van der Waals surface area (Å²) in [6.45, 7) is 0.613. The third-order valence-corrected chi connectivity index (χ3v) is 3.09. The molecule has 1 aromatic carbocycles. The minimum Gasteiger partial charge on any atom is -0.496 e. The van der Waals surface area contributed by atoms with Gasteiger partial charge in [0, 0.05) is 24.9 Å². The summed E-state index contributed by atoms with van der Waals surface area (Å²) in [4.78, 5) is 18.6. The molecule has 0 saturated carbocycles. The van der Waals surface area contributed by atoms with Crippen molar-refractivity contribution in [2.75, 3.05) is 13.7 Å². The van der Waals surface area contributed by atoms with Gasteiger partial charge in [-0.3, -0.25) is 4.79 Å². The average Bonchev–Trinajstić information content (AvgIpc) is 2.99. The molecule has 0 spiro atoms.